The number of piperidine rings is 1. The minimum atomic E-state index is -0.711. The van der Waals surface area contributed by atoms with Gasteiger partial charge < -0.3 is 19.1 Å². The molecule has 6 nitrogen and oxygen atoms in total. The molecule has 1 spiro atoms. The lowest BCUT2D eigenvalue weighted by molar-refractivity contribution is -0.117. The SMILES string of the molecule is O=C1COC2(CCN(c3cc(F)c(-c4ccc(OCc5ccccc5)nc4OCc4ccccc4)c(F)c3)CC2)C1. The molecule has 4 aromatic rings. The van der Waals surface area contributed by atoms with E-state index in [-0.39, 0.29) is 41.9 Å². The number of pyridine rings is 1. The molecule has 2 saturated heterocycles. The fraction of sp³-hybridized carbons (Fsp3) is 0.273. The molecule has 2 fully saturated rings. The van der Waals surface area contributed by atoms with Gasteiger partial charge in [-0.2, -0.15) is 4.98 Å². The van der Waals surface area contributed by atoms with Gasteiger partial charge in [-0.3, -0.25) is 4.79 Å². The smallest absolute Gasteiger partial charge is 0.225 e. The molecule has 6 rings (SSSR count). The minimum absolute atomic E-state index is 0.0768. The molecule has 0 atom stereocenters. The highest BCUT2D eigenvalue weighted by molar-refractivity contribution is 5.82. The van der Waals surface area contributed by atoms with Gasteiger partial charge in [-0.1, -0.05) is 60.7 Å². The lowest BCUT2D eigenvalue weighted by atomic mass is 9.88. The number of nitrogens with zero attached hydrogens (tertiary/aromatic N) is 2. The molecular weight excluding hydrogens is 526 g/mol. The van der Waals surface area contributed by atoms with Gasteiger partial charge in [0.2, 0.25) is 11.8 Å². The molecule has 0 aliphatic carbocycles. The molecule has 1 aromatic heterocycles. The lowest BCUT2D eigenvalue weighted by Gasteiger charge is -2.39. The second kappa shape index (κ2) is 11.7. The highest BCUT2D eigenvalue weighted by atomic mass is 19.1. The summed E-state index contributed by atoms with van der Waals surface area (Å²) in [5.74, 6) is -0.954. The summed E-state index contributed by atoms with van der Waals surface area (Å²) in [5, 5.41) is 0. The Kier molecular flexibility index (Phi) is 7.65. The summed E-state index contributed by atoms with van der Waals surface area (Å²) in [4.78, 5) is 18.2. The first-order chi connectivity index (χ1) is 20.0. The number of carbonyl (C=O) groups excluding carboxylic acids is 1. The molecule has 210 valence electrons. The average Bonchev–Trinajstić information content (AvgIpc) is 3.36. The summed E-state index contributed by atoms with van der Waals surface area (Å²) in [7, 11) is 0. The van der Waals surface area contributed by atoms with Crippen molar-refractivity contribution >= 4 is 11.5 Å². The van der Waals surface area contributed by atoms with Crippen molar-refractivity contribution in [1.29, 1.82) is 0 Å². The van der Waals surface area contributed by atoms with Gasteiger partial charge in [-0.15, -0.1) is 0 Å². The van der Waals surface area contributed by atoms with E-state index in [9.17, 15) is 4.79 Å². The number of anilines is 1. The number of ether oxygens (including phenoxy) is 3. The number of aromatic nitrogens is 1. The molecule has 0 bridgehead atoms. The van der Waals surface area contributed by atoms with Crippen LogP contribution >= 0.6 is 0 Å². The van der Waals surface area contributed by atoms with E-state index in [2.05, 4.69) is 4.98 Å². The fourth-order valence-electron chi connectivity index (χ4n) is 5.45. The molecule has 0 radical (unpaired) electrons. The van der Waals surface area contributed by atoms with Crippen LogP contribution in [0.5, 0.6) is 11.8 Å². The van der Waals surface area contributed by atoms with Gasteiger partial charge in [0.15, 0.2) is 5.78 Å². The zero-order valence-corrected chi connectivity index (χ0v) is 22.5. The van der Waals surface area contributed by atoms with Gasteiger partial charge in [0.25, 0.3) is 0 Å². The maximum Gasteiger partial charge on any atom is 0.225 e. The predicted molar refractivity (Wildman–Crippen MR) is 151 cm³/mol. The highest BCUT2D eigenvalue weighted by Gasteiger charge is 2.42. The van der Waals surface area contributed by atoms with Gasteiger partial charge in [0.1, 0.15) is 31.5 Å². The van der Waals surface area contributed by atoms with Crippen LogP contribution in [0.3, 0.4) is 0 Å². The quantitative estimate of drug-likeness (QED) is 0.247. The number of carbonyl (C=O) groups is 1. The second-order valence-corrected chi connectivity index (χ2v) is 10.5. The lowest BCUT2D eigenvalue weighted by Crippen LogP contribution is -2.44. The van der Waals surface area contributed by atoms with Crippen molar-refractivity contribution in [2.24, 2.45) is 0 Å². The summed E-state index contributed by atoms with van der Waals surface area (Å²) in [5.41, 5.74) is 1.86. The van der Waals surface area contributed by atoms with Gasteiger partial charge >= 0.3 is 0 Å². The van der Waals surface area contributed by atoms with Crippen molar-refractivity contribution in [3.8, 4) is 22.9 Å². The Morgan fingerprint density at radius 2 is 1.44 bits per heavy atom. The number of Topliss-reactive ketones (excluding diaryl/α,β-unsaturated/α-hetero) is 1. The maximum absolute atomic E-state index is 15.7. The van der Waals surface area contributed by atoms with Crippen molar-refractivity contribution in [3.63, 3.8) is 0 Å². The monoisotopic (exact) mass is 556 g/mol. The Bertz CT molecular complexity index is 1500. The number of hydrogen-bond acceptors (Lipinski definition) is 6. The predicted octanol–water partition coefficient (Wildman–Crippen LogP) is 6.51. The van der Waals surface area contributed by atoms with E-state index in [1.54, 1.807) is 12.1 Å². The summed E-state index contributed by atoms with van der Waals surface area (Å²) in [6.07, 6.45) is 1.68. The van der Waals surface area contributed by atoms with E-state index < -0.39 is 17.2 Å². The number of rotatable bonds is 8. The molecule has 2 aliphatic rings. The third kappa shape index (κ3) is 6.07. The van der Waals surface area contributed by atoms with Crippen molar-refractivity contribution in [2.75, 3.05) is 24.6 Å². The summed E-state index contributed by atoms with van der Waals surface area (Å²) in [6.45, 7) is 1.71. The third-order valence-corrected chi connectivity index (χ3v) is 7.68. The normalized spacial score (nSPS) is 16.2. The first-order valence-corrected chi connectivity index (χ1v) is 13.7. The van der Waals surface area contributed by atoms with E-state index in [4.69, 9.17) is 14.2 Å². The largest absolute Gasteiger partial charge is 0.473 e. The Balaban J connectivity index is 1.25. The van der Waals surface area contributed by atoms with Crippen LogP contribution in [-0.4, -0.2) is 36.1 Å². The van der Waals surface area contributed by atoms with Gasteiger partial charge in [0, 0.05) is 31.3 Å². The van der Waals surface area contributed by atoms with Crippen molar-refractivity contribution in [1.82, 2.24) is 4.98 Å². The van der Waals surface area contributed by atoms with E-state index in [0.717, 1.165) is 11.1 Å². The molecule has 0 amide bonds. The molecular formula is C33H30F2N2O4. The zero-order chi connectivity index (χ0) is 28.2. The fourth-order valence-corrected chi connectivity index (χ4v) is 5.45. The van der Waals surface area contributed by atoms with E-state index in [0.29, 0.717) is 44.6 Å². The van der Waals surface area contributed by atoms with Crippen LogP contribution < -0.4 is 14.4 Å². The molecule has 8 heteroatoms. The summed E-state index contributed by atoms with van der Waals surface area (Å²) in [6, 6.07) is 25.0. The van der Waals surface area contributed by atoms with Crippen LogP contribution in [0.25, 0.3) is 11.1 Å². The summed E-state index contributed by atoms with van der Waals surface area (Å²) < 4.78 is 49.0. The molecule has 41 heavy (non-hydrogen) atoms. The van der Waals surface area contributed by atoms with Crippen LogP contribution in [0.15, 0.2) is 84.9 Å². The molecule has 2 aliphatic heterocycles. The number of ketones is 1. The Labute approximate surface area is 237 Å². The van der Waals surface area contributed by atoms with Crippen LogP contribution in [-0.2, 0) is 22.7 Å². The van der Waals surface area contributed by atoms with Gasteiger partial charge in [-0.05, 0) is 42.2 Å². The molecule has 0 unspecified atom stereocenters. The van der Waals surface area contributed by atoms with E-state index in [1.807, 2.05) is 65.6 Å². The standard InChI is InChI=1S/C33H30F2N2O4/c34-28-17-25(37-15-13-33(14-16-37)19-26(38)22-41-33)18-29(35)31(28)27-11-12-30(39-20-23-7-3-1-4-8-23)36-32(27)40-21-24-9-5-2-6-10-24/h1-12,17-18H,13-16,19-22H2. The maximum atomic E-state index is 15.7. The van der Waals surface area contributed by atoms with Crippen LogP contribution in [0.2, 0.25) is 0 Å². The van der Waals surface area contributed by atoms with Crippen LogP contribution in [0, 0.1) is 11.6 Å². The minimum Gasteiger partial charge on any atom is -0.473 e. The molecule has 0 saturated carbocycles. The van der Waals surface area contributed by atoms with Gasteiger partial charge in [0.05, 0.1) is 16.7 Å². The average molecular weight is 557 g/mol. The highest BCUT2D eigenvalue weighted by Crippen LogP contribution is 2.39. The molecule has 3 heterocycles. The molecule has 3 aromatic carbocycles. The summed E-state index contributed by atoms with van der Waals surface area (Å²) >= 11 is 0. The van der Waals surface area contributed by atoms with Crippen molar-refractivity contribution in [2.45, 2.75) is 38.1 Å². The number of benzene rings is 3. The van der Waals surface area contributed by atoms with Crippen molar-refractivity contribution in [3.05, 3.63) is 108 Å². The van der Waals surface area contributed by atoms with E-state index in [1.165, 1.54) is 12.1 Å². The number of halogens is 2. The number of hydrogen-bond donors (Lipinski definition) is 0. The third-order valence-electron chi connectivity index (χ3n) is 7.68. The van der Waals surface area contributed by atoms with Crippen molar-refractivity contribution < 1.29 is 27.8 Å². The van der Waals surface area contributed by atoms with Crippen LogP contribution in [0.1, 0.15) is 30.4 Å². The second-order valence-electron chi connectivity index (χ2n) is 10.5. The Hall–Kier alpha value is -4.30. The topological polar surface area (TPSA) is 60.9 Å². The van der Waals surface area contributed by atoms with E-state index >= 15 is 8.78 Å². The zero-order valence-electron chi connectivity index (χ0n) is 22.5. The first-order valence-electron chi connectivity index (χ1n) is 13.7. The van der Waals surface area contributed by atoms with Gasteiger partial charge in [-0.25, -0.2) is 8.78 Å². The van der Waals surface area contributed by atoms with Crippen LogP contribution in [0.4, 0.5) is 14.5 Å². The first kappa shape index (κ1) is 26.9. The Morgan fingerprint density at radius 1 is 0.829 bits per heavy atom. The Morgan fingerprint density at radius 3 is 2.02 bits per heavy atom. The molecule has 0 N–H and O–H groups in total.